The predicted octanol–water partition coefficient (Wildman–Crippen LogP) is 3.56. The lowest BCUT2D eigenvalue weighted by Gasteiger charge is -1.93. The third kappa shape index (κ3) is 1.53. The van der Waals surface area contributed by atoms with Crippen LogP contribution in [0.5, 0.6) is 0 Å². The summed E-state index contributed by atoms with van der Waals surface area (Å²) in [5.74, 6) is 0. The van der Waals surface area contributed by atoms with Crippen molar-refractivity contribution >= 4 is 21.7 Å². The molecule has 0 atom stereocenters. The van der Waals surface area contributed by atoms with Crippen molar-refractivity contribution < 1.29 is 4.42 Å². The Morgan fingerprint density at radius 2 is 1.53 bits per heavy atom. The van der Waals surface area contributed by atoms with Gasteiger partial charge in [-0.05, 0) is 66.1 Å². The van der Waals surface area contributed by atoms with Gasteiger partial charge in [0.2, 0.25) is 0 Å². The Balaban J connectivity index is 2.57. The maximum atomic E-state index is 11.9. The Kier molecular flexibility index (Phi) is 2.05. The standard InChI is InChI=1S/C15H12O2/c1-9-5-12-7-11-3-4-17-14(11)8-13(12)6-10(2)15(9)16/h3-8H,1-2H3. The van der Waals surface area contributed by atoms with Crippen LogP contribution in [0.4, 0.5) is 0 Å². The number of benzene rings is 1. The Morgan fingerprint density at radius 3 is 2.24 bits per heavy atom. The Labute approximate surface area is 98.5 Å². The van der Waals surface area contributed by atoms with E-state index in [1.807, 2.05) is 38.1 Å². The van der Waals surface area contributed by atoms with Crippen molar-refractivity contribution in [3.05, 3.63) is 57.9 Å². The lowest BCUT2D eigenvalue weighted by Crippen LogP contribution is -2.03. The van der Waals surface area contributed by atoms with Gasteiger partial charge in [0.1, 0.15) is 5.58 Å². The first-order chi connectivity index (χ1) is 8.15. The summed E-state index contributed by atoms with van der Waals surface area (Å²) < 4.78 is 5.38. The molecule has 0 amide bonds. The van der Waals surface area contributed by atoms with Gasteiger partial charge in [0, 0.05) is 5.39 Å². The number of aryl methyl sites for hydroxylation is 2. The third-order valence-electron chi connectivity index (χ3n) is 3.12. The van der Waals surface area contributed by atoms with Crippen LogP contribution in [0.25, 0.3) is 21.7 Å². The summed E-state index contributed by atoms with van der Waals surface area (Å²) in [5, 5.41) is 3.17. The van der Waals surface area contributed by atoms with Crippen LogP contribution in [0.15, 0.2) is 45.8 Å². The van der Waals surface area contributed by atoms with Gasteiger partial charge in [0.15, 0.2) is 5.43 Å². The zero-order valence-corrected chi connectivity index (χ0v) is 9.78. The number of hydrogen-bond donors (Lipinski definition) is 0. The van der Waals surface area contributed by atoms with Gasteiger partial charge in [0.05, 0.1) is 6.26 Å². The summed E-state index contributed by atoms with van der Waals surface area (Å²) in [4.78, 5) is 11.9. The van der Waals surface area contributed by atoms with Crippen molar-refractivity contribution in [1.82, 2.24) is 0 Å². The number of fused-ring (bicyclic) bond motifs is 2. The molecule has 2 aromatic carbocycles. The Bertz CT molecular complexity index is 720. The minimum absolute atomic E-state index is 0.109. The average molecular weight is 224 g/mol. The van der Waals surface area contributed by atoms with Crippen LogP contribution in [-0.4, -0.2) is 0 Å². The van der Waals surface area contributed by atoms with Crippen LogP contribution in [-0.2, 0) is 0 Å². The summed E-state index contributed by atoms with van der Waals surface area (Å²) in [6.45, 7) is 3.70. The smallest absolute Gasteiger partial charge is 0.184 e. The number of rotatable bonds is 0. The highest BCUT2D eigenvalue weighted by atomic mass is 16.3. The van der Waals surface area contributed by atoms with Crippen LogP contribution in [0.1, 0.15) is 11.1 Å². The van der Waals surface area contributed by atoms with Crippen LogP contribution in [0.3, 0.4) is 0 Å². The van der Waals surface area contributed by atoms with Crippen LogP contribution in [0, 0.1) is 13.8 Å². The van der Waals surface area contributed by atoms with E-state index in [4.69, 9.17) is 4.42 Å². The fourth-order valence-corrected chi connectivity index (χ4v) is 2.20. The first-order valence-corrected chi connectivity index (χ1v) is 5.58. The van der Waals surface area contributed by atoms with Crippen molar-refractivity contribution in [2.75, 3.05) is 0 Å². The van der Waals surface area contributed by atoms with Gasteiger partial charge in [-0.3, -0.25) is 4.79 Å². The minimum atomic E-state index is 0.109. The molecule has 0 bridgehead atoms. The fraction of sp³-hybridized carbons (Fsp3) is 0.133. The lowest BCUT2D eigenvalue weighted by molar-refractivity contribution is 0.616. The zero-order valence-electron chi connectivity index (χ0n) is 9.78. The summed E-state index contributed by atoms with van der Waals surface area (Å²) >= 11 is 0. The van der Waals surface area contributed by atoms with Gasteiger partial charge < -0.3 is 4.42 Å². The van der Waals surface area contributed by atoms with Crippen LogP contribution < -0.4 is 5.43 Å². The summed E-state index contributed by atoms with van der Waals surface area (Å²) in [6, 6.07) is 9.84. The molecular formula is C15H12O2. The van der Waals surface area contributed by atoms with E-state index >= 15 is 0 Å². The molecule has 17 heavy (non-hydrogen) atoms. The largest absolute Gasteiger partial charge is 0.464 e. The molecule has 3 rings (SSSR count). The maximum Gasteiger partial charge on any atom is 0.184 e. The van der Waals surface area contributed by atoms with E-state index < -0.39 is 0 Å². The molecule has 0 aliphatic heterocycles. The molecular weight excluding hydrogens is 212 g/mol. The van der Waals surface area contributed by atoms with Gasteiger partial charge in [-0.25, -0.2) is 0 Å². The van der Waals surface area contributed by atoms with E-state index in [-0.39, 0.29) is 5.43 Å². The molecule has 0 saturated carbocycles. The molecule has 2 heteroatoms. The summed E-state index contributed by atoms with van der Waals surface area (Å²) in [6.07, 6.45) is 1.68. The van der Waals surface area contributed by atoms with Crippen molar-refractivity contribution in [1.29, 1.82) is 0 Å². The van der Waals surface area contributed by atoms with E-state index in [0.717, 1.165) is 32.9 Å². The average Bonchev–Trinajstić information content (AvgIpc) is 2.71. The van der Waals surface area contributed by atoms with Gasteiger partial charge in [-0.1, -0.05) is 0 Å². The molecule has 0 spiro atoms. The quantitative estimate of drug-likeness (QED) is 0.584. The Hall–Kier alpha value is -2.09. The molecule has 0 aliphatic carbocycles. The second-order valence-corrected chi connectivity index (χ2v) is 4.42. The molecule has 3 aromatic rings. The van der Waals surface area contributed by atoms with Crippen molar-refractivity contribution in [2.24, 2.45) is 0 Å². The normalized spacial score (nSPS) is 11.2. The third-order valence-corrected chi connectivity index (χ3v) is 3.12. The Morgan fingerprint density at radius 1 is 0.882 bits per heavy atom. The minimum Gasteiger partial charge on any atom is -0.464 e. The monoisotopic (exact) mass is 224 g/mol. The topological polar surface area (TPSA) is 30.2 Å². The fourth-order valence-electron chi connectivity index (χ4n) is 2.20. The lowest BCUT2D eigenvalue weighted by atomic mass is 10.1. The summed E-state index contributed by atoms with van der Waals surface area (Å²) in [7, 11) is 0. The maximum absolute atomic E-state index is 11.9. The van der Waals surface area contributed by atoms with Gasteiger partial charge in [-0.15, -0.1) is 0 Å². The molecule has 1 aromatic heterocycles. The highest BCUT2D eigenvalue weighted by molar-refractivity contribution is 5.95. The SMILES string of the molecule is Cc1cc2cc3ccoc3cc2cc(C)c1=O. The van der Waals surface area contributed by atoms with E-state index in [1.165, 1.54) is 0 Å². The first kappa shape index (κ1) is 10.1. The molecule has 0 fully saturated rings. The van der Waals surface area contributed by atoms with Crippen molar-refractivity contribution in [2.45, 2.75) is 13.8 Å². The van der Waals surface area contributed by atoms with Gasteiger partial charge in [-0.2, -0.15) is 0 Å². The van der Waals surface area contributed by atoms with Gasteiger partial charge in [0.25, 0.3) is 0 Å². The second-order valence-electron chi connectivity index (χ2n) is 4.42. The first-order valence-electron chi connectivity index (χ1n) is 5.58. The van der Waals surface area contributed by atoms with Gasteiger partial charge >= 0.3 is 0 Å². The zero-order chi connectivity index (χ0) is 12.0. The van der Waals surface area contributed by atoms with E-state index in [0.29, 0.717) is 0 Å². The van der Waals surface area contributed by atoms with E-state index in [9.17, 15) is 4.79 Å². The van der Waals surface area contributed by atoms with E-state index in [2.05, 4.69) is 6.07 Å². The highest BCUT2D eigenvalue weighted by Gasteiger charge is 2.03. The van der Waals surface area contributed by atoms with Crippen molar-refractivity contribution in [3.63, 3.8) is 0 Å². The molecule has 0 unspecified atom stereocenters. The van der Waals surface area contributed by atoms with E-state index in [1.54, 1.807) is 6.26 Å². The van der Waals surface area contributed by atoms with Crippen molar-refractivity contribution in [3.8, 4) is 0 Å². The molecule has 0 N–H and O–H groups in total. The second kappa shape index (κ2) is 3.45. The number of furan rings is 1. The molecule has 84 valence electrons. The molecule has 1 heterocycles. The highest BCUT2D eigenvalue weighted by Crippen LogP contribution is 2.23. The molecule has 2 nitrogen and oxygen atoms in total. The molecule has 0 aliphatic rings. The molecule has 0 radical (unpaired) electrons. The summed E-state index contributed by atoms with van der Waals surface area (Å²) in [5.41, 5.74) is 2.51. The van der Waals surface area contributed by atoms with Crippen LogP contribution >= 0.6 is 0 Å². The number of hydrogen-bond acceptors (Lipinski definition) is 2. The predicted molar refractivity (Wildman–Crippen MR) is 69.5 cm³/mol. The van der Waals surface area contributed by atoms with Crippen LogP contribution in [0.2, 0.25) is 0 Å². The molecule has 0 saturated heterocycles.